The minimum absolute atomic E-state index is 0.0207. The lowest BCUT2D eigenvalue weighted by atomic mass is 10.0. The lowest BCUT2D eigenvalue weighted by molar-refractivity contribution is -0.127. The number of hydrogen-bond acceptors (Lipinski definition) is 3. The van der Waals surface area contributed by atoms with Crippen LogP contribution in [0.1, 0.15) is 25.1 Å². The predicted molar refractivity (Wildman–Crippen MR) is 94.5 cm³/mol. The van der Waals surface area contributed by atoms with E-state index in [-0.39, 0.29) is 24.2 Å². The first kappa shape index (κ1) is 17.7. The van der Waals surface area contributed by atoms with Crippen LogP contribution < -0.4 is 10.6 Å². The van der Waals surface area contributed by atoms with E-state index in [1.54, 1.807) is 18.3 Å². The zero-order chi connectivity index (χ0) is 17.5. The van der Waals surface area contributed by atoms with Crippen LogP contribution in [0.25, 0.3) is 0 Å². The summed E-state index contributed by atoms with van der Waals surface area (Å²) < 4.78 is 0. The number of anilines is 1. The van der Waals surface area contributed by atoms with Crippen molar-refractivity contribution in [2.45, 2.75) is 33.2 Å². The third-order valence-electron chi connectivity index (χ3n) is 3.64. The molecule has 5 heteroatoms. The monoisotopic (exact) mass is 325 g/mol. The molecule has 2 N–H and O–H groups in total. The van der Waals surface area contributed by atoms with Gasteiger partial charge in [0.15, 0.2) is 0 Å². The molecule has 0 radical (unpaired) electrons. The van der Waals surface area contributed by atoms with Gasteiger partial charge in [0, 0.05) is 17.6 Å². The number of aryl methyl sites for hydroxylation is 1. The molecule has 0 aliphatic heterocycles. The van der Waals surface area contributed by atoms with E-state index in [1.807, 2.05) is 51.1 Å². The molecule has 0 saturated heterocycles. The zero-order valence-corrected chi connectivity index (χ0v) is 14.2. The van der Waals surface area contributed by atoms with Gasteiger partial charge in [0.25, 0.3) is 0 Å². The first-order chi connectivity index (χ1) is 11.5. The zero-order valence-electron chi connectivity index (χ0n) is 14.2. The number of carbonyl (C=O) groups is 2. The Balaban J connectivity index is 2.00. The van der Waals surface area contributed by atoms with Crippen molar-refractivity contribution in [2.24, 2.45) is 5.92 Å². The van der Waals surface area contributed by atoms with Crippen LogP contribution >= 0.6 is 0 Å². The Kier molecular flexibility index (Phi) is 6.07. The van der Waals surface area contributed by atoms with Gasteiger partial charge >= 0.3 is 0 Å². The second kappa shape index (κ2) is 8.24. The molecule has 0 saturated carbocycles. The number of rotatable bonds is 6. The summed E-state index contributed by atoms with van der Waals surface area (Å²) in [7, 11) is 0. The van der Waals surface area contributed by atoms with E-state index in [4.69, 9.17) is 0 Å². The van der Waals surface area contributed by atoms with Gasteiger partial charge in [-0.25, -0.2) is 0 Å². The molecule has 1 heterocycles. The molecule has 0 bridgehead atoms. The van der Waals surface area contributed by atoms with Crippen LogP contribution in [-0.4, -0.2) is 22.8 Å². The largest absolute Gasteiger partial charge is 0.344 e. The Labute approximate surface area is 142 Å². The number of benzene rings is 1. The highest BCUT2D eigenvalue weighted by Crippen LogP contribution is 2.11. The van der Waals surface area contributed by atoms with E-state index in [2.05, 4.69) is 15.6 Å². The second-order valence-electron chi connectivity index (χ2n) is 6.13. The van der Waals surface area contributed by atoms with Crippen molar-refractivity contribution in [3.8, 4) is 0 Å². The maximum absolute atomic E-state index is 12.5. The Morgan fingerprint density at radius 2 is 1.83 bits per heavy atom. The summed E-state index contributed by atoms with van der Waals surface area (Å²) in [6.07, 6.45) is 1.90. The SMILES string of the molecule is Cc1cc(NC(=O)[C@@H](NC(=O)Cc2ccccc2)C(C)C)ccn1. The Hall–Kier alpha value is -2.69. The molecule has 2 rings (SSSR count). The fourth-order valence-electron chi connectivity index (χ4n) is 2.38. The van der Waals surface area contributed by atoms with Crippen molar-refractivity contribution in [1.82, 2.24) is 10.3 Å². The summed E-state index contributed by atoms with van der Waals surface area (Å²) in [5.41, 5.74) is 2.42. The third kappa shape index (κ3) is 5.19. The van der Waals surface area contributed by atoms with E-state index < -0.39 is 6.04 Å². The number of hydrogen-bond donors (Lipinski definition) is 2. The van der Waals surface area contributed by atoms with Crippen molar-refractivity contribution >= 4 is 17.5 Å². The molecule has 0 aliphatic carbocycles. The van der Waals surface area contributed by atoms with Crippen LogP contribution in [0.3, 0.4) is 0 Å². The Morgan fingerprint density at radius 1 is 1.12 bits per heavy atom. The van der Waals surface area contributed by atoms with Crippen LogP contribution in [0, 0.1) is 12.8 Å². The summed E-state index contributed by atoms with van der Waals surface area (Å²) >= 11 is 0. The van der Waals surface area contributed by atoms with Crippen molar-refractivity contribution in [2.75, 3.05) is 5.32 Å². The van der Waals surface area contributed by atoms with Gasteiger partial charge in [0.1, 0.15) is 6.04 Å². The van der Waals surface area contributed by atoms with Crippen LogP contribution in [0.15, 0.2) is 48.7 Å². The van der Waals surface area contributed by atoms with E-state index in [0.29, 0.717) is 5.69 Å². The van der Waals surface area contributed by atoms with Gasteiger partial charge in [-0.15, -0.1) is 0 Å². The number of carbonyl (C=O) groups excluding carboxylic acids is 2. The number of nitrogens with zero attached hydrogens (tertiary/aromatic N) is 1. The molecular formula is C19H23N3O2. The summed E-state index contributed by atoms with van der Waals surface area (Å²) in [6.45, 7) is 5.67. The quantitative estimate of drug-likeness (QED) is 0.858. The predicted octanol–water partition coefficient (Wildman–Crippen LogP) is 2.71. The molecule has 1 atom stereocenters. The molecule has 5 nitrogen and oxygen atoms in total. The standard InChI is InChI=1S/C19H23N3O2/c1-13(2)18(19(24)21-16-9-10-20-14(3)11-16)22-17(23)12-15-7-5-4-6-8-15/h4-11,13,18H,12H2,1-3H3,(H,22,23)(H,20,21,24)/t18-/m0/s1. The molecule has 0 unspecified atom stereocenters. The lowest BCUT2D eigenvalue weighted by Gasteiger charge is -2.22. The molecule has 126 valence electrons. The fraction of sp³-hybridized carbons (Fsp3) is 0.316. The molecule has 1 aromatic heterocycles. The second-order valence-corrected chi connectivity index (χ2v) is 6.13. The van der Waals surface area contributed by atoms with E-state index in [1.165, 1.54) is 0 Å². The highest BCUT2D eigenvalue weighted by Gasteiger charge is 2.24. The minimum Gasteiger partial charge on any atom is -0.344 e. The summed E-state index contributed by atoms with van der Waals surface area (Å²) in [4.78, 5) is 28.8. The number of pyridine rings is 1. The third-order valence-corrected chi connectivity index (χ3v) is 3.64. The minimum atomic E-state index is -0.588. The van der Waals surface area contributed by atoms with E-state index in [9.17, 15) is 9.59 Å². The van der Waals surface area contributed by atoms with E-state index in [0.717, 1.165) is 11.3 Å². The van der Waals surface area contributed by atoms with Gasteiger partial charge in [0.05, 0.1) is 6.42 Å². The molecule has 0 fully saturated rings. The normalized spacial score (nSPS) is 11.8. The number of nitrogens with one attached hydrogen (secondary N) is 2. The van der Waals surface area contributed by atoms with Crippen LogP contribution in [0.5, 0.6) is 0 Å². The van der Waals surface area contributed by atoms with Crippen molar-refractivity contribution in [1.29, 1.82) is 0 Å². The maximum atomic E-state index is 12.5. The van der Waals surface area contributed by atoms with Crippen LogP contribution in [0.4, 0.5) is 5.69 Å². The maximum Gasteiger partial charge on any atom is 0.247 e. The number of aromatic nitrogens is 1. The number of amides is 2. The Morgan fingerprint density at radius 3 is 2.46 bits per heavy atom. The van der Waals surface area contributed by atoms with Crippen molar-refractivity contribution in [3.63, 3.8) is 0 Å². The summed E-state index contributed by atoms with van der Waals surface area (Å²) in [5.74, 6) is -0.411. The average Bonchev–Trinajstić information content (AvgIpc) is 2.53. The first-order valence-corrected chi connectivity index (χ1v) is 8.02. The molecule has 2 aromatic rings. The van der Waals surface area contributed by atoms with Gasteiger partial charge in [-0.05, 0) is 30.5 Å². The van der Waals surface area contributed by atoms with Gasteiger partial charge in [-0.2, -0.15) is 0 Å². The highest BCUT2D eigenvalue weighted by atomic mass is 16.2. The molecule has 24 heavy (non-hydrogen) atoms. The molecule has 0 spiro atoms. The van der Waals surface area contributed by atoms with Crippen LogP contribution in [0.2, 0.25) is 0 Å². The fourth-order valence-corrected chi connectivity index (χ4v) is 2.38. The van der Waals surface area contributed by atoms with Gasteiger partial charge in [-0.3, -0.25) is 14.6 Å². The average molecular weight is 325 g/mol. The van der Waals surface area contributed by atoms with Crippen molar-refractivity contribution in [3.05, 3.63) is 59.9 Å². The Bertz CT molecular complexity index is 699. The summed E-state index contributed by atoms with van der Waals surface area (Å²) in [5, 5.41) is 5.67. The molecular weight excluding hydrogens is 302 g/mol. The summed E-state index contributed by atoms with van der Waals surface area (Å²) in [6, 6.07) is 12.4. The van der Waals surface area contributed by atoms with Gasteiger partial charge in [0.2, 0.25) is 11.8 Å². The van der Waals surface area contributed by atoms with Gasteiger partial charge in [-0.1, -0.05) is 44.2 Å². The van der Waals surface area contributed by atoms with E-state index >= 15 is 0 Å². The molecule has 0 aliphatic rings. The topological polar surface area (TPSA) is 71.1 Å². The lowest BCUT2D eigenvalue weighted by Crippen LogP contribution is -2.47. The first-order valence-electron chi connectivity index (χ1n) is 8.02. The smallest absolute Gasteiger partial charge is 0.247 e. The molecule has 1 aromatic carbocycles. The molecule has 2 amide bonds. The van der Waals surface area contributed by atoms with Gasteiger partial charge < -0.3 is 10.6 Å². The van der Waals surface area contributed by atoms with Crippen molar-refractivity contribution < 1.29 is 9.59 Å². The van der Waals surface area contributed by atoms with Crippen LogP contribution in [-0.2, 0) is 16.0 Å². The highest BCUT2D eigenvalue weighted by molar-refractivity contribution is 5.97.